The van der Waals surface area contributed by atoms with Gasteiger partial charge in [0.1, 0.15) is 5.75 Å². The van der Waals surface area contributed by atoms with Crippen molar-refractivity contribution in [1.29, 1.82) is 0 Å². The quantitative estimate of drug-likeness (QED) is 0.761. The van der Waals surface area contributed by atoms with Gasteiger partial charge in [0.25, 0.3) is 5.91 Å². The topological polar surface area (TPSA) is 41.9 Å². The predicted molar refractivity (Wildman–Crippen MR) is 104 cm³/mol. The Labute approximate surface area is 152 Å². The lowest BCUT2D eigenvalue weighted by atomic mass is 10.1. The highest BCUT2D eigenvalue weighted by Gasteiger charge is 2.30. The number of hydrogen-bond donors (Lipinski definition) is 0. The maximum absolute atomic E-state index is 12.5. The Kier molecular flexibility index (Phi) is 5.24. The fraction of sp³-hybridized carbons (Fsp3) is 0.200. The van der Waals surface area contributed by atoms with E-state index in [4.69, 9.17) is 9.73 Å². The van der Waals surface area contributed by atoms with Gasteiger partial charge in [0.15, 0.2) is 5.17 Å². The number of carbonyl (C=O) groups is 1. The molecule has 128 valence electrons. The lowest BCUT2D eigenvalue weighted by molar-refractivity contribution is -0.121. The number of amides is 1. The minimum Gasteiger partial charge on any atom is -0.497 e. The first-order chi connectivity index (χ1) is 12.1. The Morgan fingerprint density at radius 2 is 1.88 bits per heavy atom. The first-order valence-electron chi connectivity index (χ1n) is 8.10. The van der Waals surface area contributed by atoms with Gasteiger partial charge >= 0.3 is 0 Å². The second-order valence-electron chi connectivity index (χ2n) is 5.62. The molecule has 0 aromatic heterocycles. The molecule has 0 unspecified atom stereocenters. The zero-order chi connectivity index (χ0) is 17.8. The number of aliphatic imine (C=N–C) groups is 1. The van der Waals surface area contributed by atoms with Crippen molar-refractivity contribution < 1.29 is 9.53 Å². The van der Waals surface area contributed by atoms with Gasteiger partial charge in [-0.3, -0.25) is 9.69 Å². The lowest BCUT2D eigenvalue weighted by Gasteiger charge is -2.08. The highest BCUT2D eigenvalue weighted by Crippen LogP contribution is 2.34. The molecule has 25 heavy (non-hydrogen) atoms. The average Bonchev–Trinajstić information content (AvgIpc) is 2.91. The normalized spacial score (nSPS) is 17.6. The number of thioether (sulfide) groups is 1. The van der Waals surface area contributed by atoms with E-state index in [9.17, 15) is 4.79 Å². The van der Waals surface area contributed by atoms with Crippen molar-refractivity contribution in [3.8, 4) is 5.75 Å². The zero-order valence-electron chi connectivity index (χ0n) is 14.5. The summed E-state index contributed by atoms with van der Waals surface area (Å²) in [6.07, 6.45) is 2.79. The van der Waals surface area contributed by atoms with E-state index in [1.807, 2.05) is 48.5 Å². The molecule has 1 amide bonds. The van der Waals surface area contributed by atoms with E-state index in [-0.39, 0.29) is 5.91 Å². The Balaban J connectivity index is 1.88. The summed E-state index contributed by atoms with van der Waals surface area (Å²) in [7, 11) is 3.40. The van der Waals surface area contributed by atoms with Gasteiger partial charge in [0, 0.05) is 7.05 Å². The largest absolute Gasteiger partial charge is 0.497 e. The fourth-order valence-electron chi connectivity index (χ4n) is 2.53. The van der Waals surface area contributed by atoms with Crippen molar-refractivity contribution in [3.63, 3.8) is 0 Å². The molecule has 2 aromatic carbocycles. The number of nitrogens with zero attached hydrogens (tertiary/aromatic N) is 2. The van der Waals surface area contributed by atoms with Gasteiger partial charge < -0.3 is 4.74 Å². The molecule has 0 radical (unpaired) electrons. The number of benzene rings is 2. The van der Waals surface area contributed by atoms with Crippen LogP contribution in [-0.4, -0.2) is 30.1 Å². The molecular formula is C20H20N2O2S. The van der Waals surface area contributed by atoms with Crippen LogP contribution in [0.3, 0.4) is 0 Å². The summed E-state index contributed by atoms with van der Waals surface area (Å²) in [5.41, 5.74) is 3.04. The molecule has 3 rings (SSSR count). The average molecular weight is 352 g/mol. The summed E-state index contributed by atoms with van der Waals surface area (Å²) in [5.74, 6) is 0.761. The van der Waals surface area contributed by atoms with Crippen molar-refractivity contribution in [1.82, 2.24) is 4.90 Å². The molecule has 0 N–H and O–H groups in total. The Morgan fingerprint density at radius 1 is 1.16 bits per heavy atom. The molecule has 5 heteroatoms. The van der Waals surface area contributed by atoms with Crippen LogP contribution in [0.1, 0.15) is 18.1 Å². The van der Waals surface area contributed by atoms with Gasteiger partial charge in [-0.2, -0.15) is 0 Å². The predicted octanol–water partition coefficient (Wildman–Crippen LogP) is 4.49. The number of para-hydroxylation sites is 1. The van der Waals surface area contributed by atoms with Crippen LogP contribution in [0.25, 0.3) is 6.08 Å². The van der Waals surface area contributed by atoms with Crippen LogP contribution in [-0.2, 0) is 11.2 Å². The molecule has 1 heterocycles. The molecule has 0 atom stereocenters. The third-order valence-corrected chi connectivity index (χ3v) is 5.07. The molecule has 2 aromatic rings. The Bertz CT molecular complexity index is 841. The van der Waals surface area contributed by atoms with Crippen LogP contribution in [0.5, 0.6) is 5.75 Å². The molecule has 1 fully saturated rings. The summed E-state index contributed by atoms with van der Waals surface area (Å²) in [4.78, 5) is 19.5. The van der Waals surface area contributed by atoms with Gasteiger partial charge in [-0.15, -0.1) is 0 Å². The Hall–Kier alpha value is -2.53. The van der Waals surface area contributed by atoms with Gasteiger partial charge in [0.2, 0.25) is 0 Å². The minimum atomic E-state index is -0.0338. The number of methoxy groups -OCH3 is 1. The third kappa shape index (κ3) is 3.77. The van der Waals surface area contributed by atoms with Crippen LogP contribution in [0.15, 0.2) is 58.4 Å². The van der Waals surface area contributed by atoms with E-state index in [0.717, 1.165) is 23.4 Å². The maximum Gasteiger partial charge on any atom is 0.266 e. The Morgan fingerprint density at radius 3 is 2.56 bits per heavy atom. The summed E-state index contributed by atoms with van der Waals surface area (Å²) >= 11 is 1.40. The number of rotatable bonds is 4. The second-order valence-corrected chi connectivity index (χ2v) is 6.63. The summed E-state index contributed by atoms with van der Waals surface area (Å²) in [6, 6.07) is 15.6. The zero-order valence-corrected chi connectivity index (χ0v) is 15.3. The molecule has 1 saturated heterocycles. The number of carbonyl (C=O) groups excluding carboxylic acids is 1. The maximum atomic E-state index is 12.5. The molecule has 4 nitrogen and oxygen atoms in total. The van der Waals surface area contributed by atoms with Crippen molar-refractivity contribution in [2.45, 2.75) is 13.3 Å². The van der Waals surface area contributed by atoms with Crippen molar-refractivity contribution >= 4 is 34.6 Å². The number of amidine groups is 1. The van der Waals surface area contributed by atoms with Gasteiger partial charge in [-0.25, -0.2) is 4.99 Å². The summed E-state index contributed by atoms with van der Waals surface area (Å²) in [5, 5.41) is 0.700. The minimum absolute atomic E-state index is 0.0338. The van der Waals surface area contributed by atoms with Crippen LogP contribution in [0.2, 0.25) is 0 Å². The molecule has 1 aliphatic rings. The highest BCUT2D eigenvalue weighted by atomic mass is 32.2. The van der Waals surface area contributed by atoms with E-state index in [2.05, 4.69) is 13.0 Å². The standard InChI is InChI=1S/C20H20N2O2S/c1-4-15-7-5-6-8-17(15)21-20-22(2)19(23)18(25-20)13-14-9-11-16(24-3)12-10-14/h5-13H,4H2,1-3H3/b18-13+,21-20?. The molecule has 0 aliphatic carbocycles. The SMILES string of the molecule is CCc1ccccc1N=C1S/C(=C/c2ccc(OC)cc2)C(=O)N1C. The van der Waals surface area contributed by atoms with E-state index < -0.39 is 0 Å². The molecule has 0 bridgehead atoms. The summed E-state index contributed by atoms with van der Waals surface area (Å²) < 4.78 is 5.16. The van der Waals surface area contributed by atoms with Crippen molar-refractivity contribution in [2.24, 2.45) is 4.99 Å². The molecule has 0 saturated carbocycles. The van der Waals surface area contributed by atoms with Crippen molar-refractivity contribution in [2.75, 3.05) is 14.2 Å². The van der Waals surface area contributed by atoms with Gasteiger partial charge in [0.05, 0.1) is 17.7 Å². The first kappa shape index (κ1) is 17.3. The van der Waals surface area contributed by atoms with Crippen molar-refractivity contribution in [3.05, 3.63) is 64.6 Å². The number of likely N-dealkylation sites (N-methyl/N-ethyl adjacent to an activating group) is 1. The number of ether oxygens (including phenoxy) is 1. The van der Waals surface area contributed by atoms with E-state index in [0.29, 0.717) is 10.1 Å². The van der Waals surface area contributed by atoms with E-state index >= 15 is 0 Å². The van der Waals surface area contributed by atoms with E-state index in [1.165, 1.54) is 17.3 Å². The summed E-state index contributed by atoms with van der Waals surface area (Å²) in [6.45, 7) is 2.10. The number of hydrogen-bond acceptors (Lipinski definition) is 4. The molecule has 1 aliphatic heterocycles. The fourth-order valence-corrected chi connectivity index (χ4v) is 3.50. The monoisotopic (exact) mass is 352 g/mol. The highest BCUT2D eigenvalue weighted by molar-refractivity contribution is 8.18. The van der Waals surface area contributed by atoms with Gasteiger partial charge in [-0.1, -0.05) is 37.3 Å². The van der Waals surface area contributed by atoms with Crippen LogP contribution < -0.4 is 4.74 Å². The number of aryl methyl sites for hydroxylation is 1. The smallest absolute Gasteiger partial charge is 0.266 e. The second kappa shape index (κ2) is 7.57. The molecule has 0 spiro atoms. The first-order valence-corrected chi connectivity index (χ1v) is 8.92. The van der Waals surface area contributed by atoms with Crippen LogP contribution in [0.4, 0.5) is 5.69 Å². The third-order valence-electron chi connectivity index (χ3n) is 4.01. The van der Waals surface area contributed by atoms with Crippen LogP contribution >= 0.6 is 11.8 Å². The van der Waals surface area contributed by atoms with Crippen LogP contribution in [0, 0.1) is 0 Å². The van der Waals surface area contributed by atoms with E-state index in [1.54, 1.807) is 19.1 Å². The lowest BCUT2D eigenvalue weighted by Crippen LogP contribution is -2.23. The molecular weight excluding hydrogens is 332 g/mol. The van der Waals surface area contributed by atoms with Gasteiger partial charge in [-0.05, 0) is 53.6 Å².